The van der Waals surface area contributed by atoms with Gasteiger partial charge in [-0.1, -0.05) is 13.3 Å². The molecule has 1 aromatic heterocycles. The first kappa shape index (κ1) is 18.3. The minimum atomic E-state index is -0.378. The molecule has 0 spiro atoms. The molecule has 0 aliphatic heterocycles. The number of aromatic nitrogens is 1. The van der Waals surface area contributed by atoms with Crippen LogP contribution in [0.2, 0.25) is 0 Å². The van der Waals surface area contributed by atoms with Crippen molar-refractivity contribution in [3.05, 3.63) is 22.5 Å². The molecule has 5 nitrogen and oxygen atoms in total. The average molecular weight is 308 g/mol. The number of nitrogens with one attached hydrogen (secondary N) is 1. The van der Waals surface area contributed by atoms with Gasteiger partial charge < -0.3 is 14.6 Å². The lowest BCUT2D eigenvalue weighted by atomic mass is 10.1. The lowest BCUT2D eigenvalue weighted by Crippen LogP contribution is -2.32. The monoisotopic (exact) mass is 308 g/mol. The van der Waals surface area contributed by atoms with Gasteiger partial charge in [0.2, 0.25) is 0 Å². The summed E-state index contributed by atoms with van der Waals surface area (Å²) in [7, 11) is 0. The van der Waals surface area contributed by atoms with Gasteiger partial charge in [-0.15, -0.1) is 0 Å². The van der Waals surface area contributed by atoms with E-state index >= 15 is 0 Å². The molecule has 1 N–H and O–H groups in total. The molecule has 0 aliphatic rings. The summed E-state index contributed by atoms with van der Waals surface area (Å²) in [4.78, 5) is 29.7. The second kappa shape index (κ2) is 8.01. The minimum absolute atomic E-state index is 0.0554. The summed E-state index contributed by atoms with van der Waals surface area (Å²) in [6.07, 6.45) is 1.83. The average Bonchev–Trinajstić information content (AvgIpc) is 2.73. The van der Waals surface area contributed by atoms with Crippen molar-refractivity contribution in [3.63, 3.8) is 0 Å². The molecule has 1 heterocycles. The largest absolute Gasteiger partial charge is 0.459 e. The highest BCUT2D eigenvalue weighted by Gasteiger charge is 2.25. The summed E-state index contributed by atoms with van der Waals surface area (Å²) in [6.45, 7) is 12.7. The number of ether oxygens (including phenoxy) is 1. The standard InChI is InChI=1S/C17H28N2O3/c1-7-9-10-19(8-2)16(20)15-12(5)14(13(6)18-15)17(21)22-11(3)4/h11,18H,7-10H2,1-6H3. The highest BCUT2D eigenvalue weighted by atomic mass is 16.5. The van der Waals surface area contributed by atoms with E-state index in [0.717, 1.165) is 19.4 Å². The van der Waals surface area contributed by atoms with E-state index in [0.29, 0.717) is 29.1 Å². The van der Waals surface area contributed by atoms with E-state index in [4.69, 9.17) is 4.74 Å². The lowest BCUT2D eigenvalue weighted by molar-refractivity contribution is 0.0376. The van der Waals surface area contributed by atoms with Crippen molar-refractivity contribution in [3.8, 4) is 0 Å². The molecule has 124 valence electrons. The Bertz CT molecular complexity index is 532. The Kier molecular flexibility index (Phi) is 6.65. The van der Waals surface area contributed by atoms with Crippen molar-refractivity contribution in [1.29, 1.82) is 0 Å². The van der Waals surface area contributed by atoms with Crippen LogP contribution in [0.5, 0.6) is 0 Å². The van der Waals surface area contributed by atoms with E-state index < -0.39 is 0 Å². The number of aromatic amines is 1. The lowest BCUT2D eigenvalue weighted by Gasteiger charge is -2.20. The number of esters is 1. The third kappa shape index (κ3) is 4.12. The third-order valence-electron chi connectivity index (χ3n) is 3.65. The highest BCUT2D eigenvalue weighted by Crippen LogP contribution is 2.21. The molecule has 0 radical (unpaired) electrons. The number of hydrogen-bond acceptors (Lipinski definition) is 3. The summed E-state index contributed by atoms with van der Waals surface area (Å²) in [5, 5.41) is 0. The number of carbonyl (C=O) groups excluding carboxylic acids is 2. The Labute approximate surface area is 133 Å². The zero-order valence-electron chi connectivity index (χ0n) is 14.6. The fraction of sp³-hybridized carbons (Fsp3) is 0.647. The van der Waals surface area contributed by atoms with Crippen LogP contribution >= 0.6 is 0 Å². The van der Waals surface area contributed by atoms with Crippen molar-refractivity contribution in [2.45, 2.75) is 60.5 Å². The van der Waals surface area contributed by atoms with Crippen molar-refractivity contribution in [1.82, 2.24) is 9.88 Å². The van der Waals surface area contributed by atoms with Crippen molar-refractivity contribution in [2.24, 2.45) is 0 Å². The Balaban J connectivity index is 3.06. The van der Waals surface area contributed by atoms with E-state index in [2.05, 4.69) is 11.9 Å². The molecule has 0 aromatic carbocycles. The van der Waals surface area contributed by atoms with Crippen LogP contribution in [0.3, 0.4) is 0 Å². The van der Waals surface area contributed by atoms with Gasteiger partial charge in [-0.3, -0.25) is 4.79 Å². The molecule has 0 saturated carbocycles. The molecule has 0 unspecified atom stereocenters. The van der Waals surface area contributed by atoms with Gasteiger partial charge in [0.05, 0.1) is 11.7 Å². The van der Waals surface area contributed by atoms with Crippen molar-refractivity contribution in [2.75, 3.05) is 13.1 Å². The van der Waals surface area contributed by atoms with E-state index in [1.807, 2.05) is 20.8 Å². The van der Waals surface area contributed by atoms with Gasteiger partial charge in [0.25, 0.3) is 5.91 Å². The Morgan fingerprint density at radius 3 is 2.36 bits per heavy atom. The smallest absolute Gasteiger partial charge is 0.340 e. The zero-order valence-corrected chi connectivity index (χ0v) is 14.6. The molecule has 1 amide bonds. The van der Waals surface area contributed by atoms with Crippen LogP contribution in [0.1, 0.15) is 72.6 Å². The molecular weight excluding hydrogens is 280 g/mol. The van der Waals surface area contributed by atoms with Crippen LogP contribution in [0.25, 0.3) is 0 Å². The van der Waals surface area contributed by atoms with Gasteiger partial charge in [-0.25, -0.2) is 4.79 Å². The van der Waals surface area contributed by atoms with Gasteiger partial charge in [0.1, 0.15) is 5.69 Å². The quantitative estimate of drug-likeness (QED) is 0.785. The summed E-state index contributed by atoms with van der Waals surface area (Å²) < 4.78 is 5.26. The third-order valence-corrected chi connectivity index (χ3v) is 3.65. The van der Waals surface area contributed by atoms with Gasteiger partial charge in [0.15, 0.2) is 0 Å². The van der Waals surface area contributed by atoms with E-state index in [9.17, 15) is 9.59 Å². The number of aryl methyl sites for hydroxylation is 1. The van der Waals surface area contributed by atoms with Crippen LogP contribution in [0, 0.1) is 13.8 Å². The molecule has 0 fully saturated rings. The molecule has 0 bridgehead atoms. The van der Waals surface area contributed by atoms with Crippen LogP contribution in [0.4, 0.5) is 0 Å². The summed E-state index contributed by atoms with van der Waals surface area (Å²) in [5.41, 5.74) is 2.32. The molecule has 1 rings (SSSR count). The predicted molar refractivity (Wildman–Crippen MR) is 87.3 cm³/mol. The molecule has 1 aromatic rings. The molecular formula is C17H28N2O3. The zero-order chi connectivity index (χ0) is 16.9. The predicted octanol–water partition coefficient (Wildman–Crippen LogP) is 3.46. The molecule has 0 atom stereocenters. The maximum absolute atomic E-state index is 12.7. The summed E-state index contributed by atoms with van der Waals surface area (Å²) in [6, 6.07) is 0. The maximum Gasteiger partial charge on any atom is 0.340 e. The number of rotatable bonds is 7. The highest BCUT2D eigenvalue weighted by molar-refractivity contribution is 6.00. The second-order valence-corrected chi connectivity index (χ2v) is 5.82. The minimum Gasteiger partial charge on any atom is -0.459 e. The SMILES string of the molecule is CCCCN(CC)C(=O)c1[nH]c(C)c(C(=O)OC(C)C)c1C. The van der Waals surface area contributed by atoms with Crippen LogP contribution in [0.15, 0.2) is 0 Å². The normalized spacial score (nSPS) is 10.9. The number of amides is 1. The van der Waals surface area contributed by atoms with Crippen LogP contribution in [-0.4, -0.2) is 41.0 Å². The van der Waals surface area contributed by atoms with Crippen LogP contribution in [-0.2, 0) is 4.74 Å². The van der Waals surface area contributed by atoms with Gasteiger partial charge in [0, 0.05) is 18.8 Å². The molecule has 22 heavy (non-hydrogen) atoms. The fourth-order valence-corrected chi connectivity index (χ4v) is 2.45. The topological polar surface area (TPSA) is 62.4 Å². The van der Waals surface area contributed by atoms with E-state index in [1.54, 1.807) is 18.7 Å². The van der Waals surface area contributed by atoms with Gasteiger partial charge in [-0.2, -0.15) is 0 Å². The first-order valence-corrected chi connectivity index (χ1v) is 8.02. The molecule has 0 aliphatic carbocycles. The van der Waals surface area contributed by atoms with Gasteiger partial charge in [-0.05, 0) is 46.6 Å². The Morgan fingerprint density at radius 2 is 1.86 bits per heavy atom. The van der Waals surface area contributed by atoms with Crippen molar-refractivity contribution >= 4 is 11.9 Å². The summed E-state index contributed by atoms with van der Waals surface area (Å²) in [5.74, 6) is -0.433. The maximum atomic E-state index is 12.7. The molecule has 0 saturated heterocycles. The summed E-state index contributed by atoms with van der Waals surface area (Å²) >= 11 is 0. The Morgan fingerprint density at radius 1 is 1.23 bits per heavy atom. The molecule has 5 heteroatoms. The first-order valence-electron chi connectivity index (χ1n) is 8.02. The number of nitrogens with zero attached hydrogens (tertiary/aromatic N) is 1. The van der Waals surface area contributed by atoms with Crippen LogP contribution < -0.4 is 0 Å². The number of carbonyl (C=O) groups is 2. The van der Waals surface area contributed by atoms with E-state index in [1.165, 1.54) is 0 Å². The first-order chi connectivity index (χ1) is 10.3. The second-order valence-electron chi connectivity index (χ2n) is 5.82. The van der Waals surface area contributed by atoms with Crippen molar-refractivity contribution < 1.29 is 14.3 Å². The number of unbranched alkanes of at least 4 members (excludes halogenated alkanes) is 1. The number of hydrogen-bond donors (Lipinski definition) is 1. The Hall–Kier alpha value is -1.78. The number of H-pyrrole nitrogens is 1. The van der Waals surface area contributed by atoms with E-state index in [-0.39, 0.29) is 18.0 Å². The fourth-order valence-electron chi connectivity index (χ4n) is 2.45. The van der Waals surface area contributed by atoms with Gasteiger partial charge >= 0.3 is 5.97 Å².